The molecule has 2 aliphatic rings. The van der Waals surface area contributed by atoms with Crippen LogP contribution in [-0.4, -0.2) is 24.9 Å². The molecule has 1 aliphatic carbocycles. The zero-order chi connectivity index (χ0) is 13.5. The molecule has 1 aliphatic heterocycles. The third-order valence-electron chi connectivity index (χ3n) is 4.50. The quantitative estimate of drug-likeness (QED) is 0.781. The number of carbonyl (C=O) groups excluding carboxylic acids is 1. The molecule has 0 bridgehead atoms. The molecule has 0 aromatic heterocycles. The van der Waals surface area contributed by atoms with Gasteiger partial charge in [0.15, 0.2) is 0 Å². The smallest absolute Gasteiger partial charge is 0.414 e. The zero-order valence-corrected chi connectivity index (χ0v) is 11.1. The molecule has 102 valence electrons. The molecule has 0 saturated heterocycles. The lowest BCUT2D eigenvalue weighted by atomic mass is 9.69. The van der Waals surface area contributed by atoms with E-state index < -0.39 is 5.60 Å². The molecule has 3 rings (SSSR count). The number of hydrogen-bond acceptors (Lipinski definition) is 3. The minimum absolute atomic E-state index is 0.107. The van der Waals surface area contributed by atoms with Crippen LogP contribution in [0.4, 0.5) is 10.5 Å². The minimum Gasteiger partial charge on any atom is -0.452 e. The highest BCUT2D eigenvalue weighted by Gasteiger charge is 2.47. The summed E-state index contributed by atoms with van der Waals surface area (Å²) in [4.78, 5) is 13.6. The molecule has 2 unspecified atom stereocenters. The molecular formula is C15H19NO3. The number of aliphatic hydroxyl groups is 1. The van der Waals surface area contributed by atoms with E-state index in [0.29, 0.717) is 6.54 Å². The highest BCUT2D eigenvalue weighted by atomic mass is 16.5. The summed E-state index contributed by atoms with van der Waals surface area (Å²) in [5, 5.41) is 11.0. The number of para-hydroxylation sites is 1. The number of fused-ring (bicyclic) bond motifs is 3. The second-order valence-electron chi connectivity index (χ2n) is 5.46. The zero-order valence-electron chi connectivity index (χ0n) is 11.1. The minimum atomic E-state index is -0.778. The Balaban J connectivity index is 2.10. The molecule has 0 spiro atoms. The first-order valence-corrected chi connectivity index (χ1v) is 6.84. The van der Waals surface area contributed by atoms with Crippen LogP contribution in [0.2, 0.25) is 0 Å². The van der Waals surface area contributed by atoms with Gasteiger partial charge in [-0.25, -0.2) is 4.79 Å². The van der Waals surface area contributed by atoms with Gasteiger partial charge < -0.3 is 9.84 Å². The van der Waals surface area contributed by atoms with Crippen molar-refractivity contribution in [1.82, 2.24) is 0 Å². The molecule has 1 heterocycles. The Kier molecular flexibility index (Phi) is 2.97. The van der Waals surface area contributed by atoms with Crippen molar-refractivity contribution in [3.8, 4) is 0 Å². The monoisotopic (exact) mass is 261 g/mol. The first-order chi connectivity index (χ1) is 9.16. The van der Waals surface area contributed by atoms with Gasteiger partial charge in [0.05, 0.1) is 18.4 Å². The van der Waals surface area contributed by atoms with E-state index in [1.807, 2.05) is 24.3 Å². The first kappa shape index (κ1) is 12.5. The summed E-state index contributed by atoms with van der Waals surface area (Å²) in [5.41, 5.74) is 0.880. The summed E-state index contributed by atoms with van der Waals surface area (Å²) >= 11 is 0. The molecule has 1 fully saturated rings. The molecule has 1 amide bonds. The number of amides is 1. The molecule has 1 saturated carbocycles. The van der Waals surface area contributed by atoms with E-state index in [1.165, 1.54) is 7.11 Å². The van der Waals surface area contributed by atoms with Crippen LogP contribution in [0.25, 0.3) is 0 Å². The molecule has 1 aromatic carbocycles. The van der Waals surface area contributed by atoms with Gasteiger partial charge in [-0.3, -0.25) is 4.90 Å². The Labute approximate surface area is 113 Å². The molecule has 1 aromatic rings. The maximum Gasteiger partial charge on any atom is 0.414 e. The van der Waals surface area contributed by atoms with Crippen molar-refractivity contribution >= 4 is 11.8 Å². The Morgan fingerprint density at radius 1 is 1.42 bits per heavy atom. The van der Waals surface area contributed by atoms with Gasteiger partial charge >= 0.3 is 6.09 Å². The number of carbonyl (C=O) groups is 1. The van der Waals surface area contributed by atoms with Gasteiger partial charge in [0.2, 0.25) is 0 Å². The van der Waals surface area contributed by atoms with Crippen molar-refractivity contribution in [3.63, 3.8) is 0 Å². The number of ether oxygens (including phenoxy) is 1. The fourth-order valence-corrected chi connectivity index (χ4v) is 3.50. The summed E-state index contributed by atoms with van der Waals surface area (Å²) in [5.74, 6) is 0.107. The molecule has 2 atom stereocenters. The summed E-state index contributed by atoms with van der Waals surface area (Å²) in [6.45, 7) is 0.542. The van der Waals surface area contributed by atoms with E-state index in [1.54, 1.807) is 4.90 Å². The van der Waals surface area contributed by atoms with Gasteiger partial charge in [-0.05, 0) is 18.9 Å². The van der Waals surface area contributed by atoms with Crippen molar-refractivity contribution in [2.24, 2.45) is 5.92 Å². The molecule has 4 heteroatoms. The lowest BCUT2D eigenvalue weighted by Crippen LogP contribution is -2.51. The Bertz CT molecular complexity index is 502. The van der Waals surface area contributed by atoms with Gasteiger partial charge in [-0.2, -0.15) is 0 Å². The van der Waals surface area contributed by atoms with E-state index in [-0.39, 0.29) is 12.0 Å². The highest BCUT2D eigenvalue weighted by molar-refractivity contribution is 5.89. The second kappa shape index (κ2) is 4.53. The first-order valence-electron chi connectivity index (χ1n) is 6.84. The fraction of sp³-hybridized carbons (Fsp3) is 0.533. The number of rotatable bonds is 0. The van der Waals surface area contributed by atoms with Gasteiger partial charge in [0, 0.05) is 18.0 Å². The van der Waals surface area contributed by atoms with Crippen LogP contribution in [0.1, 0.15) is 31.2 Å². The summed E-state index contributed by atoms with van der Waals surface area (Å²) in [6.07, 6.45) is 3.55. The number of methoxy groups -OCH3 is 1. The lowest BCUT2D eigenvalue weighted by molar-refractivity contribution is -0.0552. The van der Waals surface area contributed by atoms with Crippen molar-refractivity contribution in [3.05, 3.63) is 29.8 Å². The van der Waals surface area contributed by atoms with Gasteiger partial charge in [-0.1, -0.05) is 31.0 Å². The van der Waals surface area contributed by atoms with Crippen LogP contribution >= 0.6 is 0 Å². The maximum absolute atomic E-state index is 11.9. The van der Waals surface area contributed by atoms with Crippen LogP contribution in [0.15, 0.2) is 24.3 Å². The van der Waals surface area contributed by atoms with Crippen LogP contribution in [0, 0.1) is 5.92 Å². The standard InChI is InChI=1S/C15H19NO3/c1-19-14(17)16-10-11-6-4-5-9-15(11,18)12-7-2-3-8-13(12)16/h2-3,7-8,11,18H,4-6,9-10H2,1H3. The molecule has 0 radical (unpaired) electrons. The normalized spacial score (nSPS) is 29.4. The van der Waals surface area contributed by atoms with E-state index in [9.17, 15) is 9.90 Å². The Hall–Kier alpha value is -1.55. The average molecular weight is 261 g/mol. The van der Waals surface area contributed by atoms with Crippen molar-refractivity contribution in [2.75, 3.05) is 18.6 Å². The number of benzene rings is 1. The second-order valence-corrected chi connectivity index (χ2v) is 5.46. The van der Waals surface area contributed by atoms with Gasteiger partial charge in [0.1, 0.15) is 0 Å². The lowest BCUT2D eigenvalue weighted by Gasteiger charge is -2.47. The molecule has 4 nitrogen and oxygen atoms in total. The molecule has 19 heavy (non-hydrogen) atoms. The summed E-state index contributed by atoms with van der Waals surface area (Å²) < 4.78 is 4.86. The number of anilines is 1. The largest absolute Gasteiger partial charge is 0.452 e. The van der Waals surface area contributed by atoms with Gasteiger partial charge in [-0.15, -0.1) is 0 Å². The molecule has 1 N–H and O–H groups in total. The van der Waals surface area contributed by atoms with Crippen LogP contribution in [-0.2, 0) is 10.3 Å². The van der Waals surface area contributed by atoms with E-state index in [2.05, 4.69) is 0 Å². The third-order valence-corrected chi connectivity index (χ3v) is 4.50. The van der Waals surface area contributed by atoms with Crippen molar-refractivity contribution in [2.45, 2.75) is 31.3 Å². The predicted octanol–water partition coefficient (Wildman–Crippen LogP) is 2.65. The van der Waals surface area contributed by atoms with E-state index >= 15 is 0 Å². The topological polar surface area (TPSA) is 49.8 Å². The number of nitrogens with zero attached hydrogens (tertiary/aromatic N) is 1. The summed E-state index contributed by atoms with van der Waals surface area (Å²) in [6, 6.07) is 7.63. The van der Waals surface area contributed by atoms with Crippen LogP contribution in [0.5, 0.6) is 0 Å². The third kappa shape index (κ3) is 1.82. The van der Waals surface area contributed by atoms with E-state index in [4.69, 9.17) is 4.74 Å². The van der Waals surface area contributed by atoms with Crippen LogP contribution < -0.4 is 4.90 Å². The van der Waals surface area contributed by atoms with Gasteiger partial charge in [0.25, 0.3) is 0 Å². The SMILES string of the molecule is COC(=O)N1CC2CCCCC2(O)c2ccccc21. The highest BCUT2D eigenvalue weighted by Crippen LogP contribution is 2.49. The van der Waals surface area contributed by atoms with Crippen molar-refractivity contribution < 1.29 is 14.6 Å². The number of hydrogen-bond donors (Lipinski definition) is 1. The summed E-state index contributed by atoms with van der Waals surface area (Å²) in [7, 11) is 1.40. The Morgan fingerprint density at radius 2 is 2.21 bits per heavy atom. The van der Waals surface area contributed by atoms with Crippen molar-refractivity contribution in [1.29, 1.82) is 0 Å². The fourth-order valence-electron chi connectivity index (χ4n) is 3.50. The Morgan fingerprint density at radius 3 is 3.00 bits per heavy atom. The maximum atomic E-state index is 11.9. The van der Waals surface area contributed by atoms with Crippen LogP contribution in [0.3, 0.4) is 0 Å². The average Bonchev–Trinajstić information content (AvgIpc) is 2.46. The predicted molar refractivity (Wildman–Crippen MR) is 72.0 cm³/mol. The molecular weight excluding hydrogens is 242 g/mol. The van der Waals surface area contributed by atoms with E-state index in [0.717, 1.165) is 36.9 Å².